The number of hydrogen-bond donors (Lipinski definition) is 3. The molecule has 3 amide bonds. The molecule has 3 N–H and O–H groups in total. The van der Waals surface area contributed by atoms with Gasteiger partial charge in [-0.05, 0) is 27.2 Å². The summed E-state index contributed by atoms with van der Waals surface area (Å²) < 4.78 is 0. The fourth-order valence-electron chi connectivity index (χ4n) is 1.34. The number of nitrogens with zero attached hydrogens (tertiary/aromatic N) is 1. The van der Waals surface area contributed by atoms with Crippen LogP contribution in [0, 0.1) is 0 Å². The molecular formula is C12H23N3O4. The van der Waals surface area contributed by atoms with Gasteiger partial charge in [-0.3, -0.25) is 9.59 Å². The predicted octanol–water partition coefficient (Wildman–Crippen LogP) is 0.406. The number of amides is 3. The van der Waals surface area contributed by atoms with Gasteiger partial charge in [0.25, 0.3) is 0 Å². The first-order chi connectivity index (χ1) is 8.73. The number of carboxylic acid groups (broad SMARTS) is 1. The molecule has 0 aliphatic rings. The molecule has 0 fully saturated rings. The normalized spacial score (nSPS) is 11.8. The highest BCUT2D eigenvalue weighted by molar-refractivity contribution is 5.86. The monoisotopic (exact) mass is 273 g/mol. The molecule has 0 aliphatic carbocycles. The van der Waals surface area contributed by atoms with E-state index in [4.69, 9.17) is 5.11 Å². The summed E-state index contributed by atoms with van der Waals surface area (Å²) in [4.78, 5) is 35.0. The molecule has 110 valence electrons. The van der Waals surface area contributed by atoms with Crippen LogP contribution in [-0.2, 0) is 9.59 Å². The Kier molecular flexibility index (Phi) is 7.55. The number of aliphatic carboxylic acids is 1. The molecule has 0 aromatic carbocycles. The Balaban J connectivity index is 4.06. The quantitative estimate of drug-likeness (QED) is 0.625. The highest BCUT2D eigenvalue weighted by Crippen LogP contribution is 1.95. The number of urea groups is 1. The van der Waals surface area contributed by atoms with E-state index in [0.29, 0.717) is 13.0 Å². The Morgan fingerprint density at radius 1 is 1.16 bits per heavy atom. The third kappa shape index (κ3) is 8.01. The van der Waals surface area contributed by atoms with Crippen molar-refractivity contribution >= 4 is 17.9 Å². The highest BCUT2D eigenvalue weighted by Gasteiger charge is 2.18. The van der Waals surface area contributed by atoms with Crippen LogP contribution in [0.4, 0.5) is 4.79 Å². The lowest BCUT2D eigenvalue weighted by Gasteiger charge is -2.21. The Morgan fingerprint density at radius 3 is 2.21 bits per heavy atom. The molecule has 7 heteroatoms. The molecule has 0 saturated carbocycles. The van der Waals surface area contributed by atoms with Gasteiger partial charge < -0.3 is 20.6 Å². The summed E-state index contributed by atoms with van der Waals surface area (Å²) in [6.07, 6.45) is 0.396. The zero-order chi connectivity index (χ0) is 15.0. The van der Waals surface area contributed by atoms with Crippen molar-refractivity contribution in [3.05, 3.63) is 0 Å². The van der Waals surface area contributed by atoms with E-state index in [1.54, 1.807) is 14.0 Å². The van der Waals surface area contributed by atoms with Gasteiger partial charge in [-0.2, -0.15) is 0 Å². The summed E-state index contributed by atoms with van der Waals surface area (Å²) in [7, 11) is 1.56. The van der Waals surface area contributed by atoms with Crippen molar-refractivity contribution in [3.8, 4) is 0 Å². The first-order valence-electron chi connectivity index (χ1n) is 6.27. The van der Waals surface area contributed by atoms with Crippen LogP contribution in [0.2, 0.25) is 0 Å². The summed E-state index contributed by atoms with van der Waals surface area (Å²) in [5, 5.41) is 13.7. The van der Waals surface area contributed by atoms with Gasteiger partial charge in [0.1, 0.15) is 6.04 Å². The topological polar surface area (TPSA) is 98.7 Å². The Bertz CT molecular complexity index is 331. The number of carbonyl (C=O) groups is 3. The van der Waals surface area contributed by atoms with Gasteiger partial charge in [-0.25, -0.2) is 4.79 Å². The van der Waals surface area contributed by atoms with E-state index in [9.17, 15) is 14.4 Å². The minimum Gasteiger partial charge on any atom is -0.481 e. The Morgan fingerprint density at radius 2 is 1.74 bits per heavy atom. The van der Waals surface area contributed by atoms with E-state index in [2.05, 4.69) is 10.6 Å². The van der Waals surface area contributed by atoms with Crippen LogP contribution in [-0.4, -0.2) is 53.6 Å². The summed E-state index contributed by atoms with van der Waals surface area (Å²) in [6.45, 7) is 5.60. The lowest BCUT2D eigenvalue weighted by Crippen LogP contribution is -2.50. The molecule has 0 spiro atoms. The summed E-state index contributed by atoms with van der Waals surface area (Å²) >= 11 is 0. The highest BCUT2D eigenvalue weighted by atomic mass is 16.4. The lowest BCUT2D eigenvalue weighted by atomic mass is 10.3. The minimum absolute atomic E-state index is 0.0140. The molecule has 0 bridgehead atoms. The van der Waals surface area contributed by atoms with Gasteiger partial charge in [-0.15, -0.1) is 0 Å². The molecule has 0 aromatic rings. The van der Waals surface area contributed by atoms with Gasteiger partial charge in [0.15, 0.2) is 0 Å². The van der Waals surface area contributed by atoms with Crippen LogP contribution in [0.25, 0.3) is 0 Å². The molecule has 0 heterocycles. The van der Waals surface area contributed by atoms with Crippen molar-refractivity contribution in [2.24, 2.45) is 0 Å². The first kappa shape index (κ1) is 17.2. The molecule has 0 saturated heterocycles. The minimum atomic E-state index is -0.890. The van der Waals surface area contributed by atoms with Gasteiger partial charge in [0.05, 0.1) is 0 Å². The molecule has 1 unspecified atom stereocenters. The summed E-state index contributed by atoms with van der Waals surface area (Å²) in [5.74, 6) is -1.14. The van der Waals surface area contributed by atoms with Crippen LogP contribution in [0.3, 0.4) is 0 Å². The second-order valence-corrected chi connectivity index (χ2v) is 4.75. The van der Waals surface area contributed by atoms with Crippen molar-refractivity contribution < 1.29 is 19.5 Å². The van der Waals surface area contributed by atoms with Crippen LogP contribution < -0.4 is 10.6 Å². The molecule has 0 rings (SSSR count). The second kappa shape index (κ2) is 8.34. The van der Waals surface area contributed by atoms with E-state index in [1.165, 1.54) is 4.90 Å². The average molecular weight is 273 g/mol. The molecule has 7 nitrogen and oxygen atoms in total. The maximum atomic E-state index is 11.7. The van der Waals surface area contributed by atoms with Crippen LogP contribution in [0.15, 0.2) is 0 Å². The van der Waals surface area contributed by atoms with Crippen molar-refractivity contribution in [2.45, 2.75) is 45.7 Å². The maximum Gasteiger partial charge on any atom is 0.317 e. The van der Waals surface area contributed by atoms with Gasteiger partial charge >= 0.3 is 12.0 Å². The molecule has 0 aliphatic heterocycles. The van der Waals surface area contributed by atoms with E-state index >= 15 is 0 Å². The van der Waals surface area contributed by atoms with E-state index in [-0.39, 0.29) is 18.4 Å². The molecule has 0 radical (unpaired) electrons. The van der Waals surface area contributed by atoms with Crippen molar-refractivity contribution in [3.63, 3.8) is 0 Å². The largest absolute Gasteiger partial charge is 0.481 e. The fraction of sp³-hybridized carbons (Fsp3) is 0.750. The first-order valence-corrected chi connectivity index (χ1v) is 6.27. The fourth-order valence-corrected chi connectivity index (χ4v) is 1.34. The third-order valence-corrected chi connectivity index (χ3v) is 2.40. The van der Waals surface area contributed by atoms with Gasteiger partial charge in [0.2, 0.25) is 5.91 Å². The molecule has 19 heavy (non-hydrogen) atoms. The number of rotatable bonds is 7. The lowest BCUT2D eigenvalue weighted by molar-refractivity contribution is -0.137. The number of hydrogen-bond acceptors (Lipinski definition) is 3. The second-order valence-electron chi connectivity index (χ2n) is 4.75. The number of carbonyl (C=O) groups excluding carboxylic acids is 2. The number of nitrogens with one attached hydrogen (secondary N) is 2. The van der Waals surface area contributed by atoms with E-state index in [1.807, 2.05) is 13.8 Å². The van der Waals surface area contributed by atoms with Crippen LogP contribution in [0.1, 0.15) is 33.6 Å². The maximum absolute atomic E-state index is 11.7. The van der Waals surface area contributed by atoms with E-state index < -0.39 is 18.0 Å². The third-order valence-electron chi connectivity index (χ3n) is 2.40. The SMILES string of the molecule is CC(C)NC(=O)C(C)NC(=O)N(C)CCCC(=O)O. The van der Waals surface area contributed by atoms with Crippen LogP contribution in [0.5, 0.6) is 0 Å². The Labute approximate surface area is 113 Å². The zero-order valence-electron chi connectivity index (χ0n) is 11.9. The Hall–Kier alpha value is -1.79. The average Bonchev–Trinajstić information content (AvgIpc) is 2.27. The zero-order valence-corrected chi connectivity index (χ0v) is 11.9. The van der Waals surface area contributed by atoms with Crippen molar-refractivity contribution in [1.29, 1.82) is 0 Å². The molecule has 1 atom stereocenters. The molecule has 0 aromatic heterocycles. The van der Waals surface area contributed by atoms with Crippen molar-refractivity contribution in [1.82, 2.24) is 15.5 Å². The van der Waals surface area contributed by atoms with Gasteiger partial charge in [-0.1, -0.05) is 0 Å². The smallest absolute Gasteiger partial charge is 0.317 e. The predicted molar refractivity (Wildman–Crippen MR) is 70.8 cm³/mol. The number of carboxylic acids is 1. The summed E-state index contributed by atoms with van der Waals surface area (Å²) in [5.41, 5.74) is 0. The van der Waals surface area contributed by atoms with E-state index in [0.717, 1.165) is 0 Å². The van der Waals surface area contributed by atoms with Crippen molar-refractivity contribution in [2.75, 3.05) is 13.6 Å². The van der Waals surface area contributed by atoms with Crippen LogP contribution >= 0.6 is 0 Å². The standard InChI is InChI=1S/C12H23N3O4/c1-8(2)13-11(18)9(3)14-12(19)15(4)7-5-6-10(16)17/h8-9H,5-7H2,1-4H3,(H,13,18)(H,14,19)(H,16,17). The van der Waals surface area contributed by atoms with Gasteiger partial charge in [0, 0.05) is 26.1 Å². The molecular weight excluding hydrogens is 250 g/mol. The summed E-state index contributed by atoms with van der Waals surface area (Å²) in [6, 6.07) is -1.01.